The van der Waals surface area contributed by atoms with E-state index in [2.05, 4.69) is 17.2 Å². The molecule has 1 atom stereocenters. The number of carbonyl (C=O) groups excluding carboxylic acids is 1. The summed E-state index contributed by atoms with van der Waals surface area (Å²) in [5.74, 6) is -0.551. The molecule has 92 valence electrons. The Kier molecular flexibility index (Phi) is 4.69. The van der Waals surface area contributed by atoms with Gasteiger partial charge in [-0.05, 0) is 31.5 Å². The molecule has 2 N–H and O–H groups in total. The molecule has 0 spiro atoms. The number of rotatable bonds is 5. The lowest BCUT2D eigenvalue weighted by Gasteiger charge is -2.15. The molecule has 0 saturated heterocycles. The zero-order valence-corrected chi connectivity index (χ0v) is 10.1. The second kappa shape index (κ2) is 6.03. The molecule has 0 saturated carbocycles. The molecule has 0 aliphatic rings. The third-order valence-electron chi connectivity index (χ3n) is 2.31. The van der Waals surface area contributed by atoms with Crippen LogP contribution in [-0.4, -0.2) is 18.5 Å². The van der Waals surface area contributed by atoms with Crippen LogP contribution in [0.5, 0.6) is 0 Å². The summed E-state index contributed by atoms with van der Waals surface area (Å²) in [6.45, 7) is 7.46. The minimum Gasteiger partial charge on any atom is -0.372 e. The molecule has 0 radical (unpaired) electrons. The molecule has 1 rings (SSSR count). The predicted octanol–water partition coefficient (Wildman–Crippen LogP) is 2.24. The summed E-state index contributed by atoms with van der Waals surface area (Å²) in [5, 5.41) is 5.48. The van der Waals surface area contributed by atoms with Crippen LogP contribution in [0.1, 0.15) is 12.5 Å². The summed E-state index contributed by atoms with van der Waals surface area (Å²) in [6, 6.07) is 4.24. The summed E-state index contributed by atoms with van der Waals surface area (Å²) in [7, 11) is 0. The Morgan fingerprint density at radius 2 is 2.29 bits per heavy atom. The van der Waals surface area contributed by atoms with Crippen LogP contribution in [0.15, 0.2) is 30.9 Å². The fourth-order valence-electron chi connectivity index (χ4n) is 1.37. The van der Waals surface area contributed by atoms with Gasteiger partial charge in [0.05, 0.1) is 5.69 Å². The highest BCUT2D eigenvalue weighted by atomic mass is 19.1. The van der Waals surface area contributed by atoms with Gasteiger partial charge in [-0.25, -0.2) is 4.39 Å². The molecule has 0 aliphatic carbocycles. The van der Waals surface area contributed by atoms with Crippen molar-refractivity contribution in [2.75, 3.05) is 11.9 Å². The van der Waals surface area contributed by atoms with Crippen molar-refractivity contribution >= 4 is 11.6 Å². The highest BCUT2D eigenvalue weighted by Gasteiger charge is 2.13. The van der Waals surface area contributed by atoms with E-state index in [1.807, 2.05) is 6.92 Å². The first-order chi connectivity index (χ1) is 8.04. The van der Waals surface area contributed by atoms with Crippen molar-refractivity contribution in [2.45, 2.75) is 19.9 Å². The first-order valence-electron chi connectivity index (χ1n) is 5.46. The highest BCUT2D eigenvalue weighted by Crippen LogP contribution is 2.16. The monoisotopic (exact) mass is 236 g/mol. The van der Waals surface area contributed by atoms with Crippen LogP contribution < -0.4 is 10.6 Å². The molecule has 1 unspecified atom stereocenters. The van der Waals surface area contributed by atoms with Crippen molar-refractivity contribution in [3.05, 3.63) is 42.2 Å². The van der Waals surface area contributed by atoms with Gasteiger partial charge in [0, 0.05) is 6.54 Å². The lowest BCUT2D eigenvalue weighted by molar-refractivity contribution is -0.121. The SMILES string of the molecule is C=CCNC(=O)C(C)Nc1cc(C)ccc1F. The van der Waals surface area contributed by atoms with Crippen LogP contribution >= 0.6 is 0 Å². The van der Waals surface area contributed by atoms with Crippen molar-refractivity contribution in [3.8, 4) is 0 Å². The number of nitrogens with one attached hydrogen (secondary N) is 2. The van der Waals surface area contributed by atoms with Crippen LogP contribution in [0.2, 0.25) is 0 Å². The molecule has 0 heterocycles. The van der Waals surface area contributed by atoms with Gasteiger partial charge in [-0.2, -0.15) is 0 Å². The molecule has 1 aromatic rings. The molecule has 17 heavy (non-hydrogen) atoms. The molecule has 3 nitrogen and oxygen atoms in total. The molecule has 1 aromatic carbocycles. The minimum atomic E-state index is -0.494. The summed E-state index contributed by atoms with van der Waals surface area (Å²) in [4.78, 5) is 11.6. The Morgan fingerprint density at radius 3 is 2.94 bits per heavy atom. The van der Waals surface area contributed by atoms with Crippen LogP contribution in [0.25, 0.3) is 0 Å². The second-order valence-electron chi connectivity index (χ2n) is 3.88. The van der Waals surface area contributed by atoms with E-state index in [0.29, 0.717) is 12.2 Å². The number of benzene rings is 1. The van der Waals surface area contributed by atoms with Crippen LogP contribution in [0.3, 0.4) is 0 Å². The topological polar surface area (TPSA) is 41.1 Å². The van der Waals surface area contributed by atoms with Gasteiger partial charge in [0.2, 0.25) is 5.91 Å². The number of hydrogen-bond acceptors (Lipinski definition) is 2. The molecule has 0 fully saturated rings. The Bertz CT molecular complexity index is 418. The van der Waals surface area contributed by atoms with Crippen LogP contribution in [0, 0.1) is 12.7 Å². The van der Waals surface area contributed by atoms with E-state index in [1.165, 1.54) is 6.07 Å². The van der Waals surface area contributed by atoms with Gasteiger partial charge < -0.3 is 10.6 Å². The number of carbonyl (C=O) groups is 1. The standard InChI is InChI=1S/C13H17FN2O/c1-4-7-15-13(17)10(3)16-12-8-9(2)5-6-11(12)14/h4-6,8,10,16H,1,7H2,2-3H3,(H,15,17). The van der Waals surface area contributed by atoms with Crippen LogP contribution in [-0.2, 0) is 4.79 Å². The summed E-state index contributed by atoms with van der Waals surface area (Å²) >= 11 is 0. The maximum absolute atomic E-state index is 13.4. The highest BCUT2D eigenvalue weighted by molar-refractivity contribution is 5.84. The fraction of sp³-hybridized carbons (Fsp3) is 0.308. The lowest BCUT2D eigenvalue weighted by Crippen LogP contribution is -2.37. The van der Waals surface area contributed by atoms with Crippen LogP contribution in [0.4, 0.5) is 10.1 Å². The van der Waals surface area contributed by atoms with Gasteiger partial charge in [-0.1, -0.05) is 12.1 Å². The van der Waals surface area contributed by atoms with E-state index in [0.717, 1.165) is 5.56 Å². The second-order valence-corrected chi connectivity index (χ2v) is 3.88. The van der Waals surface area contributed by atoms with E-state index in [9.17, 15) is 9.18 Å². The molecule has 4 heteroatoms. The maximum Gasteiger partial charge on any atom is 0.242 e. The van der Waals surface area contributed by atoms with E-state index in [1.54, 1.807) is 25.1 Å². The summed E-state index contributed by atoms with van der Waals surface area (Å²) in [6.07, 6.45) is 1.60. The van der Waals surface area contributed by atoms with Gasteiger partial charge in [0.25, 0.3) is 0 Å². The molecule has 0 aromatic heterocycles. The zero-order chi connectivity index (χ0) is 12.8. The van der Waals surface area contributed by atoms with Crippen molar-refractivity contribution in [2.24, 2.45) is 0 Å². The van der Waals surface area contributed by atoms with E-state index >= 15 is 0 Å². The molecule has 1 amide bonds. The van der Waals surface area contributed by atoms with Gasteiger partial charge in [0.1, 0.15) is 11.9 Å². The first kappa shape index (κ1) is 13.2. The van der Waals surface area contributed by atoms with Gasteiger partial charge in [-0.15, -0.1) is 6.58 Å². The quantitative estimate of drug-likeness (QED) is 0.770. The fourth-order valence-corrected chi connectivity index (χ4v) is 1.37. The Hall–Kier alpha value is -1.84. The van der Waals surface area contributed by atoms with E-state index < -0.39 is 6.04 Å². The predicted molar refractivity (Wildman–Crippen MR) is 67.4 cm³/mol. The smallest absolute Gasteiger partial charge is 0.242 e. The van der Waals surface area contributed by atoms with E-state index in [-0.39, 0.29) is 11.7 Å². The number of halogens is 1. The minimum absolute atomic E-state index is 0.189. The number of aryl methyl sites for hydroxylation is 1. The normalized spacial score (nSPS) is 11.7. The lowest BCUT2D eigenvalue weighted by atomic mass is 10.2. The molecule has 0 bridgehead atoms. The molecular formula is C13H17FN2O. The first-order valence-corrected chi connectivity index (χ1v) is 5.46. The van der Waals surface area contributed by atoms with Gasteiger partial charge >= 0.3 is 0 Å². The number of amides is 1. The molecule has 0 aliphatic heterocycles. The Morgan fingerprint density at radius 1 is 1.59 bits per heavy atom. The third-order valence-corrected chi connectivity index (χ3v) is 2.31. The van der Waals surface area contributed by atoms with Gasteiger partial charge in [-0.3, -0.25) is 4.79 Å². The maximum atomic E-state index is 13.4. The summed E-state index contributed by atoms with van der Waals surface area (Å²) < 4.78 is 13.4. The average molecular weight is 236 g/mol. The zero-order valence-electron chi connectivity index (χ0n) is 10.1. The van der Waals surface area contributed by atoms with Crippen molar-refractivity contribution in [1.82, 2.24) is 5.32 Å². The summed E-state index contributed by atoms with van der Waals surface area (Å²) in [5.41, 5.74) is 1.28. The Balaban J connectivity index is 2.66. The van der Waals surface area contributed by atoms with Gasteiger partial charge in [0.15, 0.2) is 0 Å². The molecular weight excluding hydrogens is 219 g/mol. The largest absolute Gasteiger partial charge is 0.372 e. The number of anilines is 1. The van der Waals surface area contributed by atoms with E-state index in [4.69, 9.17) is 0 Å². The Labute approximate surface area is 101 Å². The van der Waals surface area contributed by atoms with Crippen molar-refractivity contribution in [3.63, 3.8) is 0 Å². The van der Waals surface area contributed by atoms with Crippen molar-refractivity contribution < 1.29 is 9.18 Å². The average Bonchev–Trinajstić information content (AvgIpc) is 2.30. The third kappa shape index (κ3) is 3.90. The van der Waals surface area contributed by atoms with Crippen molar-refractivity contribution in [1.29, 1.82) is 0 Å². The number of hydrogen-bond donors (Lipinski definition) is 2.